The first kappa shape index (κ1) is 16.9. The van der Waals surface area contributed by atoms with Crippen LogP contribution in [-0.2, 0) is 0 Å². The molecule has 1 aliphatic heterocycles. The van der Waals surface area contributed by atoms with Gasteiger partial charge in [0, 0.05) is 24.7 Å². The summed E-state index contributed by atoms with van der Waals surface area (Å²) in [5, 5.41) is 11.1. The monoisotopic (exact) mass is 348 g/mol. The van der Waals surface area contributed by atoms with E-state index in [-0.39, 0.29) is 24.4 Å². The molecule has 2 heterocycles. The van der Waals surface area contributed by atoms with E-state index < -0.39 is 0 Å². The van der Waals surface area contributed by atoms with Crippen LogP contribution in [0.3, 0.4) is 0 Å². The molecular formula is C16H21ClN6O. The minimum absolute atomic E-state index is 0. The summed E-state index contributed by atoms with van der Waals surface area (Å²) < 4.78 is 1.57. The number of nitrogens with zero attached hydrogens (tertiary/aromatic N) is 5. The smallest absolute Gasteiger partial charge is 0.253 e. The number of carbonyl (C=O) groups excluding carboxylic acids is 1. The average molecular weight is 349 g/mol. The number of benzene rings is 1. The molecule has 3 atom stereocenters. The van der Waals surface area contributed by atoms with Gasteiger partial charge in [0.1, 0.15) is 6.33 Å². The Bertz CT molecular complexity index is 689. The summed E-state index contributed by atoms with van der Waals surface area (Å²) in [6.07, 6.45) is 5.00. The molecule has 4 rings (SSSR count). The van der Waals surface area contributed by atoms with Gasteiger partial charge in [0.15, 0.2) is 0 Å². The molecule has 0 spiro atoms. The molecule has 2 aliphatic rings. The molecule has 0 bridgehead atoms. The van der Waals surface area contributed by atoms with Crippen LogP contribution in [0.5, 0.6) is 0 Å². The topological polar surface area (TPSA) is 89.9 Å². The normalized spacial score (nSPS) is 25.9. The van der Waals surface area contributed by atoms with Crippen molar-refractivity contribution in [3.05, 3.63) is 36.2 Å². The molecule has 3 unspecified atom stereocenters. The lowest BCUT2D eigenvalue weighted by Crippen LogP contribution is -2.38. The van der Waals surface area contributed by atoms with Gasteiger partial charge < -0.3 is 10.6 Å². The highest BCUT2D eigenvalue weighted by atomic mass is 35.5. The predicted octanol–water partition coefficient (Wildman–Crippen LogP) is 1.28. The minimum Gasteiger partial charge on any atom is -0.338 e. The molecule has 1 saturated heterocycles. The fourth-order valence-corrected chi connectivity index (χ4v) is 3.90. The Morgan fingerprint density at radius 2 is 1.96 bits per heavy atom. The van der Waals surface area contributed by atoms with Crippen LogP contribution in [0.1, 0.15) is 29.6 Å². The van der Waals surface area contributed by atoms with E-state index in [1.807, 2.05) is 29.2 Å². The Balaban J connectivity index is 0.00000169. The molecule has 1 aromatic heterocycles. The third-order valence-corrected chi connectivity index (χ3v) is 5.17. The second-order valence-electron chi connectivity index (χ2n) is 6.53. The van der Waals surface area contributed by atoms with Crippen molar-refractivity contribution in [1.82, 2.24) is 25.1 Å². The van der Waals surface area contributed by atoms with Gasteiger partial charge >= 0.3 is 0 Å². The SMILES string of the molecule is Cl.NC1CCCC2CN(C(=O)c3ccc(-n4cnnn4)cc3)CC12. The summed E-state index contributed by atoms with van der Waals surface area (Å²) >= 11 is 0. The van der Waals surface area contributed by atoms with E-state index in [1.54, 1.807) is 4.68 Å². The zero-order chi connectivity index (χ0) is 15.8. The summed E-state index contributed by atoms with van der Waals surface area (Å²) in [5.41, 5.74) is 7.78. The van der Waals surface area contributed by atoms with Gasteiger partial charge in [-0.05, 0) is 59.4 Å². The van der Waals surface area contributed by atoms with Crippen molar-refractivity contribution in [2.45, 2.75) is 25.3 Å². The lowest BCUT2D eigenvalue weighted by Gasteiger charge is -2.29. The molecule has 1 saturated carbocycles. The molecule has 2 N–H and O–H groups in total. The Kier molecular flexibility index (Phi) is 4.82. The lowest BCUT2D eigenvalue weighted by atomic mass is 9.78. The van der Waals surface area contributed by atoms with Crippen molar-refractivity contribution in [2.75, 3.05) is 13.1 Å². The molecule has 8 heteroatoms. The molecule has 1 aromatic carbocycles. The summed E-state index contributed by atoms with van der Waals surface area (Å²) in [7, 11) is 0. The maximum absolute atomic E-state index is 12.7. The lowest BCUT2D eigenvalue weighted by molar-refractivity contribution is 0.0783. The van der Waals surface area contributed by atoms with Gasteiger partial charge in [-0.15, -0.1) is 17.5 Å². The summed E-state index contributed by atoms with van der Waals surface area (Å²) in [4.78, 5) is 14.7. The number of likely N-dealkylation sites (tertiary alicyclic amines) is 1. The standard InChI is InChI=1S/C16H20N6O.ClH/c17-15-3-1-2-12-8-21(9-14(12)15)16(23)11-4-6-13(7-5-11)22-10-18-19-20-22;/h4-7,10,12,14-15H,1-3,8-9,17H2;1H. The van der Waals surface area contributed by atoms with Crippen molar-refractivity contribution in [3.8, 4) is 5.69 Å². The van der Waals surface area contributed by atoms with Gasteiger partial charge in [-0.1, -0.05) is 6.42 Å². The largest absolute Gasteiger partial charge is 0.338 e. The van der Waals surface area contributed by atoms with E-state index in [1.165, 1.54) is 19.2 Å². The first-order chi connectivity index (χ1) is 11.2. The Hall–Kier alpha value is -1.99. The van der Waals surface area contributed by atoms with Gasteiger partial charge in [0.05, 0.1) is 5.69 Å². The molecule has 0 radical (unpaired) electrons. The van der Waals surface area contributed by atoms with Gasteiger partial charge in [0.2, 0.25) is 0 Å². The molecule has 7 nitrogen and oxygen atoms in total. The summed E-state index contributed by atoms with van der Waals surface area (Å²) in [5.74, 6) is 1.13. The van der Waals surface area contributed by atoms with Gasteiger partial charge in [-0.2, -0.15) is 0 Å². The van der Waals surface area contributed by atoms with Gasteiger partial charge in [-0.3, -0.25) is 4.79 Å². The fraction of sp³-hybridized carbons (Fsp3) is 0.500. The molecule has 128 valence electrons. The van der Waals surface area contributed by atoms with Gasteiger partial charge in [-0.25, -0.2) is 4.68 Å². The molecular weight excluding hydrogens is 328 g/mol. The van der Waals surface area contributed by atoms with E-state index in [0.717, 1.165) is 25.2 Å². The zero-order valence-electron chi connectivity index (χ0n) is 13.3. The number of halogens is 1. The van der Waals surface area contributed by atoms with Crippen LogP contribution >= 0.6 is 12.4 Å². The molecule has 2 aromatic rings. The van der Waals surface area contributed by atoms with E-state index in [4.69, 9.17) is 5.73 Å². The van der Waals surface area contributed by atoms with Crippen LogP contribution in [0, 0.1) is 11.8 Å². The zero-order valence-corrected chi connectivity index (χ0v) is 14.1. The fourth-order valence-electron chi connectivity index (χ4n) is 3.90. The van der Waals surface area contributed by atoms with Crippen molar-refractivity contribution in [2.24, 2.45) is 17.6 Å². The van der Waals surface area contributed by atoms with Crippen molar-refractivity contribution >= 4 is 18.3 Å². The third-order valence-electron chi connectivity index (χ3n) is 5.17. The molecule has 1 aliphatic carbocycles. The Morgan fingerprint density at radius 3 is 2.62 bits per heavy atom. The number of fused-ring (bicyclic) bond motifs is 1. The second-order valence-corrected chi connectivity index (χ2v) is 6.53. The van der Waals surface area contributed by atoms with Crippen LogP contribution in [0.4, 0.5) is 0 Å². The Morgan fingerprint density at radius 1 is 1.17 bits per heavy atom. The number of hydrogen-bond donors (Lipinski definition) is 1. The Labute approximate surface area is 146 Å². The average Bonchev–Trinajstić information content (AvgIpc) is 3.24. The van der Waals surface area contributed by atoms with E-state index in [9.17, 15) is 4.79 Å². The molecule has 24 heavy (non-hydrogen) atoms. The van der Waals surface area contributed by atoms with Gasteiger partial charge in [0.25, 0.3) is 5.91 Å². The third kappa shape index (κ3) is 3.01. The van der Waals surface area contributed by atoms with Crippen LogP contribution in [0.15, 0.2) is 30.6 Å². The van der Waals surface area contributed by atoms with E-state index >= 15 is 0 Å². The highest BCUT2D eigenvalue weighted by Crippen LogP contribution is 2.36. The van der Waals surface area contributed by atoms with Crippen molar-refractivity contribution < 1.29 is 4.79 Å². The number of nitrogens with two attached hydrogens (primary N) is 1. The number of amides is 1. The summed E-state index contributed by atoms with van der Waals surface area (Å²) in [6.45, 7) is 1.63. The van der Waals surface area contributed by atoms with Crippen molar-refractivity contribution in [3.63, 3.8) is 0 Å². The first-order valence-corrected chi connectivity index (χ1v) is 8.10. The molecule has 2 fully saturated rings. The number of aromatic nitrogens is 4. The van der Waals surface area contributed by atoms with E-state index in [2.05, 4.69) is 15.5 Å². The van der Waals surface area contributed by atoms with E-state index in [0.29, 0.717) is 17.4 Å². The number of tetrazole rings is 1. The van der Waals surface area contributed by atoms with Crippen LogP contribution in [0.2, 0.25) is 0 Å². The van der Waals surface area contributed by atoms with Crippen LogP contribution in [0.25, 0.3) is 5.69 Å². The first-order valence-electron chi connectivity index (χ1n) is 8.10. The quantitative estimate of drug-likeness (QED) is 0.883. The maximum atomic E-state index is 12.7. The maximum Gasteiger partial charge on any atom is 0.253 e. The molecule has 1 amide bonds. The predicted molar refractivity (Wildman–Crippen MR) is 91.1 cm³/mol. The number of hydrogen-bond acceptors (Lipinski definition) is 5. The number of rotatable bonds is 2. The highest BCUT2D eigenvalue weighted by Gasteiger charge is 2.40. The highest BCUT2D eigenvalue weighted by molar-refractivity contribution is 5.94. The number of carbonyl (C=O) groups is 1. The van der Waals surface area contributed by atoms with Crippen molar-refractivity contribution in [1.29, 1.82) is 0 Å². The van der Waals surface area contributed by atoms with Crippen LogP contribution in [-0.4, -0.2) is 50.1 Å². The summed E-state index contributed by atoms with van der Waals surface area (Å²) in [6, 6.07) is 7.63. The second kappa shape index (κ2) is 6.86. The van der Waals surface area contributed by atoms with Crippen LogP contribution < -0.4 is 5.73 Å². The minimum atomic E-state index is 0.